The minimum atomic E-state index is -0.0459. The Bertz CT molecular complexity index is 543. The van der Waals surface area contributed by atoms with Crippen molar-refractivity contribution >= 4 is 17.1 Å². The number of aromatic nitrogens is 1. The van der Waals surface area contributed by atoms with Gasteiger partial charge in [-0.25, -0.2) is 4.98 Å². The highest BCUT2D eigenvalue weighted by molar-refractivity contribution is 7.09. The summed E-state index contributed by atoms with van der Waals surface area (Å²) in [7, 11) is 0. The van der Waals surface area contributed by atoms with Gasteiger partial charge < -0.3 is 4.74 Å². The van der Waals surface area contributed by atoms with Crippen molar-refractivity contribution in [3.63, 3.8) is 0 Å². The fourth-order valence-electron chi connectivity index (χ4n) is 1.57. The van der Waals surface area contributed by atoms with Crippen LogP contribution in [0.15, 0.2) is 29.6 Å². The lowest BCUT2D eigenvalue weighted by Gasteiger charge is -2.09. The van der Waals surface area contributed by atoms with Crippen LogP contribution in [0.5, 0.6) is 5.75 Å². The van der Waals surface area contributed by atoms with E-state index >= 15 is 0 Å². The van der Waals surface area contributed by atoms with E-state index in [2.05, 4.69) is 4.98 Å². The lowest BCUT2D eigenvalue weighted by atomic mass is 10.1. The number of ether oxygens (including phenoxy) is 1. The molecular formula is C14H15NO2S. The first kappa shape index (κ1) is 12.8. The maximum absolute atomic E-state index is 12.1. The molecule has 1 aromatic carbocycles. The molecule has 4 heteroatoms. The van der Waals surface area contributed by atoms with E-state index in [1.54, 1.807) is 17.5 Å². The second kappa shape index (κ2) is 5.31. The number of hydrogen-bond acceptors (Lipinski definition) is 4. The van der Waals surface area contributed by atoms with Crippen molar-refractivity contribution in [1.29, 1.82) is 0 Å². The van der Waals surface area contributed by atoms with Crippen molar-refractivity contribution in [2.75, 3.05) is 0 Å². The summed E-state index contributed by atoms with van der Waals surface area (Å²) in [6.07, 6.45) is 0.132. The van der Waals surface area contributed by atoms with E-state index in [0.717, 1.165) is 10.8 Å². The second-order valence-electron chi connectivity index (χ2n) is 4.27. The van der Waals surface area contributed by atoms with Gasteiger partial charge in [-0.05, 0) is 45.0 Å². The van der Waals surface area contributed by atoms with Gasteiger partial charge in [0.2, 0.25) is 5.78 Å². The van der Waals surface area contributed by atoms with Gasteiger partial charge in [0, 0.05) is 10.9 Å². The van der Waals surface area contributed by atoms with E-state index in [1.807, 2.05) is 32.9 Å². The quantitative estimate of drug-likeness (QED) is 0.791. The molecule has 1 aromatic heterocycles. The van der Waals surface area contributed by atoms with Gasteiger partial charge in [-0.3, -0.25) is 4.79 Å². The Balaban J connectivity index is 2.17. The Morgan fingerprint density at radius 2 is 1.94 bits per heavy atom. The van der Waals surface area contributed by atoms with Crippen LogP contribution in [0.2, 0.25) is 0 Å². The molecule has 0 bridgehead atoms. The van der Waals surface area contributed by atoms with E-state index < -0.39 is 0 Å². The van der Waals surface area contributed by atoms with Gasteiger partial charge in [0.05, 0.1) is 11.1 Å². The molecule has 0 aliphatic rings. The Hall–Kier alpha value is -1.68. The third-order valence-corrected chi connectivity index (χ3v) is 3.11. The normalized spacial score (nSPS) is 10.7. The van der Waals surface area contributed by atoms with E-state index in [1.165, 1.54) is 11.3 Å². The number of ketones is 1. The van der Waals surface area contributed by atoms with Crippen molar-refractivity contribution in [1.82, 2.24) is 4.98 Å². The Morgan fingerprint density at radius 1 is 1.28 bits per heavy atom. The highest BCUT2D eigenvalue weighted by Gasteiger charge is 2.12. The number of thiazole rings is 1. The van der Waals surface area contributed by atoms with Crippen molar-refractivity contribution in [3.8, 4) is 5.75 Å². The lowest BCUT2D eigenvalue weighted by Crippen LogP contribution is -2.06. The van der Waals surface area contributed by atoms with E-state index in [9.17, 15) is 4.79 Å². The highest BCUT2D eigenvalue weighted by atomic mass is 32.1. The molecule has 18 heavy (non-hydrogen) atoms. The van der Waals surface area contributed by atoms with Gasteiger partial charge in [0.1, 0.15) is 11.4 Å². The number of rotatable bonds is 4. The van der Waals surface area contributed by atoms with Crippen LogP contribution < -0.4 is 4.74 Å². The Kier molecular flexibility index (Phi) is 3.77. The molecule has 0 N–H and O–H groups in total. The highest BCUT2D eigenvalue weighted by Crippen LogP contribution is 2.17. The van der Waals surface area contributed by atoms with Crippen LogP contribution in [0.1, 0.15) is 34.9 Å². The first-order chi connectivity index (χ1) is 8.56. The Labute approximate surface area is 110 Å². The molecule has 0 saturated heterocycles. The van der Waals surface area contributed by atoms with Crippen LogP contribution in [0.25, 0.3) is 0 Å². The number of nitrogens with zero attached hydrogens (tertiary/aromatic N) is 1. The number of carbonyl (C=O) groups is 1. The van der Waals surface area contributed by atoms with Crippen LogP contribution in [0.4, 0.5) is 0 Å². The van der Waals surface area contributed by atoms with Gasteiger partial charge in [0.15, 0.2) is 0 Å². The molecule has 0 aliphatic carbocycles. The summed E-state index contributed by atoms with van der Waals surface area (Å²) in [4.78, 5) is 16.3. The van der Waals surface area contributed by atoms with Crippen LogP contribution in [-0.4, -0.2) is 16.9 Å². The molecule has 94 valence electrons. The third kappa shape index (κ3) is 2.96. The molecule has 0 saturated carbocycles. The lowest BCUT2D eigenvalue weighted by molar-refractivity contribution is 0.103. The minimum Gasteiger partial charge on any atom is -0.491 e. The second-order valence-corrected chi connectivity index (χ2v) is 5.33. The number of benzene rings is 1. The van der Waals surface area contributed by atoms with Crippen LogP contribution in [0, 0.1) is 6.92 Å². The average Bonchev–Trinajstić information content (AvgIpc) is 2.75. The molecule has 1 heterocycles. The maximum Gasteiger partial charge on any atom is 0.212 e. The molecular weight excluding hydrogens is 246 g/mol. The van der Waals surface area contributed by atoms with Crippen molar-refractivity contribution < 1.29 is 9.53 Å². The molecule has 2 rings (SSSR count). The maximum atomic E-state index is 12.1. The summed E-state index contributed by atoms with van der Waals surface area (Å²) in [5, 5.41) is 2.69. The minimum absolute atomic E-state index is 0.0459. The first-order valence-corrected chi connectivity index (χ1v) is 6.68. The van der Waals surface area contributed by atoms with Gasteiger partial charge in [0.25, 0.3) is 0 Å². The zero-order valence-corrected chi connectivity index (χ0v) is 11.5. The first-order valence-electron chi connectivity index (χ1n) is 5.80. The summed E-state index contributed by atoms with van der Waals surface area (Å²) >= 11 is 1.48. The summed E-state index contributed by atoms with van der Waals surface area (Å²) in [5.74, 6) is 0.728. The smallest absolute Gasteiger partial charge is 0.212 e. The van der Waals surface area contributed by atoms with Crippen molar-refractivity contribution in [3.05, 3.63) is 45.9 Å². The molecule has 0 spiro atoms. The summed E-state index contributed by atoms with van der Waals surface area (Å²) < 4.78 is 5.53. The van der Waals surface area contributed by atoms with Crippen molar-refractivity contribution in [2.24, 2.45) is 0 Å². The molecule has 0 unspecified atom stereocenters. The fourth-order valence-corrected chi connectivity index (χ4v) is 2.17. The zero-order chi connectivity index (χ0) is 13.1. The SMILES string of the molecule is Cc1nc(C(=O)c2ccc(OC(C)C)cc2)cs1. The molecule has 0 atom stereocenters. The standard InChI is InChI=1S/C14H15NO2S/c1-9(2)17-12-6-4-11(5-7-12)14(16)13-8-18-10(3)15-13/h4-9H,1-3H3. The third-order valence-electron chi connectivity index (χ3n) is 2.34. The predicted molar refractivity (Wildman–Crippen MR) is 72.5 cm³/mol. The molecule has 0 fully saturated rings. The van der Waals surface area contributed by atoms with Crippen LogP contribution in [-0.2, 0) is 0 Å². The van der Waals surface area contributed by atoms with E-state index in [0.29, 0.717) is 11.3 Å². The summed E-state index contributed by atoms with van der Waals surface area (Å²) in [6.45, 7) is 5.83. The molecule has 3 nitrogen and oxygen atoms in total. The average molecular weight is 261 g/mol. The molecule has 2 aromatic rings. The van der Waals surface area contributed by atoms with E-state index in [-0.39, 0.29) is 11.9 Å². The van der Waals surface area contributed by atoms with Gasteiger partial charge in [-0.2, -0.15) is 0 Å². The number of hydrogen-bond donors (Lipinski definition) is 0. The fraction of sp³-hybridized carbons (Fsp3) is 0.286. The van der Waals surface area contributed by atoms with Gasteiger partial charge in [-0.1, -0.05) is 0 Å². The van der Waals surface area contributed by atoms with Crippen molar-refractivity contribution in [2.45, 2.75) is 26.9 Å². The largest absolute Gasteiger partial charge is 0.491 e. The van der Waals surface area contributed by atoms with Gasteiger partial charge >= 0.3 is 0 Å². The van der Waals surface area contributed by atoms with Crippen LogP contribution >= 0.6 is 11.3 Å². The van der Waals surface area contributed by atoms with E-state index in [4.69, 9.17) is 4.74 Å². The predicted octanol–water partition coefficient (Wildman–Crippen LogP) is 3.47. The van der Waals surface area contributed by atoms with Gasteiger partial charge in [-0.15, -0.1) is 11.3 Å². The topological polar surface area (TPSA) is 39.2 Å². The molecule has 0 amide bonds. The number of carbonyl (C=O) groups excluding carboxylic acids is 1. The monoisotopic (exact) mass is 261 g/mol. The Morgan fingerprint density at radius 3 is 2.44 bits per heavy atom. The summed E-state index contributed by atoms with van der Waals surface area (Å²) in [5.41, 5.74) is 1.14. The number of aryl methyl sites for hydroxylation is 1. The molecule has 0 radical (unpaired) electrons. The molecule has 0 aliphatic heterocycles. The zero-order valence-electron chi connectivity index (χ0n) is 10.6. The summed E-state index contributed by atoms with van der Waals surface area (Å²) in [6, 6.07) is 7.17. The van der Waals surface area contributed by atoms with Crippen LogP contribution in [0.3, 0.4) is 0 Å².